The predicted octanol–water partition coefficient (Wildman–Crippen LogP) is 6.10. The van der Waals surface area contributed by atoms with Crippen LogP contribution in [0.25, 0.3) is 4.85 Å². The molecule has 0 aromatic heterocycles. The smallest absolute Gasteiger partial charge is 0.312 e. The van der Waals surface area contributed by atoms with E-state index in [2.05, 4.69) is 38.5 Å². The van der Waals surface area contributed by atoms with Crippen molar-refractivity contribution in [1.29, 1.82) is 0 Å². The highest BCUT2D eigenvalue weighted by atomic mass is 16.5. The summed E-state index contributed by atoms with van der Waals surface area (Å²) in [6.45, 7) is 16.8. The number of ether oxygens (including phenoxy) is 1. The van der Waals surface area contributed by atoms with Crippen molar-refractivity contribution in [2.75, 3.05) is 7.11 Å². The van der Waals surface area contributed by atoms with Gasteiger partial charge in [-0.25, -0.2) is 4.85 Å². The van der Waals surface area contributed by atoms with Crippen molar-refractivity contribution in [3.63, 3.8) is 0 Å². The second-order valence-electron chi connectivity index (χ2n) is 14.5. The maximum absolute atomic E-state index is 14.4. The van der Waals surface area contributed by atoms with Crippen molar-refractivity contribution in [3.8, 4) is 12.3 Å². The third kappa shape index (κ3) is 2.76. The van der Waals surface area contributed by atoms with Crippen LogP contribution in [-0.2, 0) is 19.1 Å². The number of hydrogen-bond acceptors (Lipinski definition) is 4. The van der Waals surface area contributed by atoms with Gasteiger partial charge in [0.1, 0.15) is 0 Å². The number of fused-ring (bicyclic) bond motifs is 8. The average molecular weight is 514 g/mol. The lowest BCUT2D eigenvalue weighted by Gasteiger charge is -2.68. The summed E-state index contributed by atoms with van der Waals surface area (Å²) in [6.07, 6.45) is 17.1. The Balaban J connectivity index is 1.55. The Morgan fingerprint density at radius 2 is 1.76 bits per heavy atom. The van der Waals surface area contributed by atoms with Gasteiger partial charge in [0.2, 0.25) is 5.70 Å². The number of nitrogens with zero attached hydrogens (tertiary/aromatic N) is 1. The molecule has 4 saturated carbocycles. The van der Waals surface area contributed by atoms with Gasteiger partial charge in [-0.3, -0.25) is 9.59 Å². The lowest BCUT2D eigenvalue weighted by molar-refractivity contribution is -0.190. The topological polar surface area (TPSA) is 64.8 Å². The van der Waals surface area contributed by atoms with E-state index in [4.69, 9.17) is 17.7 Å². The molecule has 0 unspecified atom stereocenters. The summed E-state index contributed by atoms with van der Waals surface area (Å²) < 4.78 is 5.41. The molecular weight excluding hydrogens is 474 g/mol. The molecule has 5 nitrogen and oxygen atoms in total. The Morgan fingerprint density at radius 1 is 1.08 bits per heavy atom. The maximum atomic E-state index is 14.4. The number of terminal acetylenes is 1. The highest BCUT2D eigenvalue weighted by Crippen LogP contribution is 2.76. The van der Waals surface area contributed by atoms with E-state index < -0.39 is 16.2 Å². The van der Waals surface area contributed by atoms with Crippen LogP contribution in [-0.4, -0.2) is 24.6 Å². The molecule has 0 aliphatic heterocycles. The second-order valence-corrected chi connectivity index (χ2v) is 14.5. The third-order valence-corrected chi connectivity index (χ3v) is 12.7. The van der Waals surface area contributed by atoms with Crippen molar-refractivity contribution < 1.29 is 19.1 Å². The average Bonchev–Trinajstić information content (AvgIpc) is 3.68. The van der Waals surface area contributed by atoms with Gasteiger partial charge in [0.25, 0.3) is 0 Å². The molecule has 4 fully saturated rings. The van der Waals surface area contributed by atoms with E-state index in [0.717, 1.165) is 56.9 Å². The largest absolute Gasteiger partial charge is 0.469 e. The van der Waals surface area contributed by atoms with Gasteiger partial charge in [0.15, 0.2) is 11.6 Å². The molecule has 38 heavy (non-hydrogen) atoms. The van der Waals surface area contributed by atoms with Crippen LogP contribution >= 0.6 is 0 Å². The van der Waals surface area contributed by atoms with Crippen molar-refractivity contribution in [1.82, 2.24) is 0 Å². The van der Waals surface area contributed by atoms with Crippen LogP contribution < -0.4 is 0 Å². The zero-order valence-corrected chi connectivity index (χ0v) is 23.4. The normalized spacial score (nSPS) is 45.6. The zero-order chi connectivity index (χ0) is 27.5. The van der Waals surface area contributed by atoms with Crippen molar-refractivity contribution in [2.45, 2.75) is 85.5 Å². The van der Waals surface area contributed by atoms with Gasteiger partial charge in [-0.1, -0.05) is 39.7 Å². The molecule has 0 amide bonds. The number of Topliss-reactive ketones (excluding diaryl/α,β-unsaturated/α-hetero) is 1. The Morgan fingerprint density at radius 3 is 2.37 bits per heavy atom. The number of carbonyl (C=O) groups excluding carboxylic acids is 3. The number of rotatable bonds is 1. The van der Waals surface area contributed by atoms with Gasteiger partial charge in [-0.2, -0.15) is 0 Å². The molecule has 0 N–H and O–H groups in total. The molecule has 6 aliphatic carbocycles. The number of ketones is 2. The number of carbonyl (C=O) groups is 3. The minimum Gasteiger partial charge on any atom is -0.469 e. The van der Waals surface area contributed by atoms with Gasteiger partial charge in [0, 0.05) is 11.3 Å². The molecule has 0 heterocycles. The molecule has 7 atom stereocenters. The van der Waals surface area contributed by atoms with E-state index in [9.17, 15) is 14.4 Å². The standard InChI is InChI=1S/C33H39NO4/c1-8-31-19-21(34-6)26(36)33(15-16-33)23(31)9-10-29(4)24(31)17-22(35)25-20-18-28(2,3)11-13-32(20,27(37)38-7)14-12-30(25,29)5/h1,17,19-20,23,25H,9-16,18H2,2-5,7H3/t20-,23+,25-,29+,30+,31-,32-/m0/s1. The molecule has 0 saturated heterocycles. The molecule has 0 radical (unpaired) electrons. The Bertz CT molecular complexity index is 1320. The third-order valence-electron chi connectivity index (χ3n) is 12.7. The van der Waals surface area contributed by atoms with Gasteiger partial charge >= 0.3 is 5.97 Å². The monoisotopic (exact) mass is 513 g/mol. The summed E-state index contributed by atoms with van der Waals surface area (Å²) in [7, 11) is 1.47. The van der Waals surface area contributed by atoms with Crippen molar-refractivity contribution >= 4 is 17.5 Å². The van der Waals surface area contributed by atoms with E-state index in [0.29, 0.717) is 6.42 Å². The first-order valence-corrected chi connectivity index (χ1v) is 14.3. The minimum atomic E-state index is -0.899. The Hall–Kier alpha value is -2.66. The lowest BCUT2D eigenvalue weighted by Crippen LogP contribution is -2.65. The molecule has 0 aromatic rings. The molecule has 1 spiro atoms. The van der Waals surface area contributed by atoms with E-state index in [1.54, 1.807) is 6.08 Å². The summed E-state index contributed by atoms with van der Waals surface area (Å²) in [5.74, 6) is 2.49. The van der Waals surface area contributed by atoms with Gasteiger partial charge in [-0.05, 0) is 97.5 Å². The van der Waals surface area contributed by atoms with Crippen LogP contribution in [0.15, 0.2) is 23.4 Å². The fourth-order valence-corrected chi connectivity index (χ4v) is 10.3. The first-order valence-electron chi connectivity index (χ1n) is 14.3. The van der Waals surface area contributed by atoms with Crippen LogP contribution in [0.4, 0.5) is 0 Å². The molecule has 5 heteroatoms. The molecule has 6 aliphatic rings. The molecule has 0 aromatic carbocycles. The van der Waals surface area contributed by atoms with Gasteiger partial charge < -0.3 is 9.53 Å². The number of hydrogen-bond donors (Lipinski definition) is 0. The summed E-state index contributed by atoms with van der Waals surface area (Å²) in [5, 5.41) is 0. The lowest BCUT2D eigenvalue weighted by atomic mass is 9.34. The number of allylic oxidation sites excluding steroid dienone is 4. The van der Waals surface area contributed by atoms with E-state index in [-0.39, 0.29) is 57.2 Å². The quantitative estimate of drug-likeness (QED) is 0.241. The summed E-state index contributed by atoms with van der Waals surface area (Å²) in [6, 6.07) is 0. The first kappa shape index (κ1) is 25.6. The van der Waals surface area contributed by atoms with E-state index in [1.165, 1.54) is 7.11 Å². The maximum Gasteiger partial charge on any atom is 0.312 e. The fourth-order valence-electron chi connectivity index (χ4n) is 10.3. The number of methoxy groups -OCH3 is 1. The van der Waals surface area contributed by atoms with Crippen LogP contribution in [0.5, 0.6) is 0 Å². The second kappa shape index (κ2) is 7.50. The minimum absolute atomic E-state index is 0.0403. The van der Waals surface area contributed by atoms with Crippen molar-refractivity contribution in [2.24, 2.45) is 50.2 Å². The van der Waals surface area contributed by atoms with E-state index >= 15 is 0 Å². The van der Waals surface area contributed by atoms with Crippen LogP contribution in [0.2, 0.25) is 0 Å². The molecule has 200 valence electrons. The zero-order valence-electron chi connectivity index (χ0n) is 23.4. The van der Waals surface area contributed by atoms with Crippen LogP contribution in [0, 0.1) is 69.2 Å². The highest BCUT2D eigenvalue weighted by molar-refractivity contribution is 6.05. The van der Waals surface area contributed by atoms with Gasteiger partial charge in [-0.15, -0.1) is 6.42 Å². The number of esters is 1. The summed E-state index contributed by atoms with van der Waals surface area (Å²) in [4.78, 5) is 44.8. The predicted molar refractivity (Wildman–Crippen MR) is 143 cm³/mol. The van der Waals surface area contributed by atoms with Crippen LogP contribution in [0.3, 0.4) is 0 Å². The summed E-state index contributed by atoms with van der Waals surface area (Å²) in [5.41, 5.74) is -1.72. The summed E-state index contributed by atoms with van der Waals surface area (Å²) >= 11 is 0. The Labute approximate surface area is 226 Å². The molecular formula is C33H39NO4. The van der Waals surface area contributed by atoms with E-state index in [1.807, 2.05) is 6.08 Å². The Kier molecular flexibility index (Phi) is 5.05. The highest BCUT2D eigenvalue weighted by Gasteiger charge is 2.73. The first-order chi connectivity index (χ1) is 17.8. The SMILES string of the molecule is [C-]#[N+]C1=C[C@]2(C#C)C3=CC(=O)[C@@H]4[C@@H]5CC(C)(C)CC[C@]5(C(=O)OC)CC[C@@]4(C)[C@]3(C)CC[C@H]2C2(CC2)C1=O. The fraction of sp³-hybridized carbons (Fsp3) is 0.697. The van der Waals surface area contributed by atoms with Gasteiger partial charge in [0.05, 0.1) is 24.5 Å². The molecule has 6 rings (SSSR count). The van der Waals surface area contributed by atoms with Crippen LogP contribution in [0.1, 0.15) is 85.5 Å². The molecule has 0 bridgehead atoms. The van der Waals surface area contributed by atoms with Crippen molar-refractivity contribution in [3.05, 3.63) is 34.8 Å².